The van der Waals surface area contributed by atoms with E-state index in [1.54, 1.807) is 6.92 Å². The molecule has 0 fully saturated rings. The number of nitrogens with two attached hydrogens (primary N) is 1. The molecule has 1 rings (SSSR count). The van der Waals surface area contributed by atoms with Crippen LogP contribution in [0.15, 0.2) is 12.1 Å². The maximum Gasteiger partial charge on any atom is 0.327 e. The van der Waals surface area contributed by atoms with Crippen molar-refractivity contribution in [3.8, 4) is 5.75 Å². The van der Waals surface area contributed by atoms with Gasteiger partial charge in [-0.25, -0.2) is 13.6 Å². The lowest BCUT2D eigenvalue weighted by Gasteiger charge is -2.13. The fourth-order valence-corrected chi connectivity index (χ4v) is 1.30. The number of hydrogen-bond acceptors (Lipinski definition) is 4. The maximum atomic E-state index is 13.5. The quantitative estimate of drug-likeness (QED) is 0.817. The molecule has 1 aromatic rings. The summed E-state index contributed by atoms with van der Waals surface area (Å²) in [4.78, 5) is 11.3. The average Bonchev–Trinajstić information content (AvgIpc) is 2.31. The zero-order valence-electron chi connectivity index (χ0n) is 9.50. The van der Waals surface area contributed by atoms with Crippen molar-refractivity contribution in [1.82, 2.24) is 0 Å². The van der Waals surface area contributed by atoms with Crippen molar-refractivity contribution in [2.24, 2.45) is 5.73 Å². The van der Waals surface area contributed by atoms with Gasteiger partial charge in [-0.05, 0) is 13.0 Å². The van der Waals surface area contributed by atoms with Gasteiger partial charge < -0.3 is 15.2 Å². The number of ether oxygens (including phenoxy) is 2. The molecule has 0 saturated carbocycles. The standard InChI is InChI=1S/C11H13F2NO3/c1-3-17-11(15)10(14)6-4-8(13)9(16-2)5-7(6)12/h4-5,10H,3,14H2,1-2H3. The summed E-state index contributed by atoms with van der Waals surface area (Å²) < 4.78 is 36.1. The first-order valence-electron chi connectivity index (χ1n) is 4.96. The topological polar surface area (TPSA) is 61.5 Å². The molecule has 0 amide bonds. The van der Waals surface area contributed by atoms with Gasteiger partial charge in [-0.3, -0.25) is 0 Å². The number of methoxy groups -OCH3 is 1. The molecule has 17 heavy (non-hydrogen) atoms. The molecule has 0 heterocycles. The van der Waals surface area contributed by atoms with Gasteiger partial charge in [0.05, 0.1) is 13.7 Å². The average molecular weight is 245 g/mol. The third kappa shape index (κ3) is 2.91. The lowest BCUT2D eigenvalue weighted by Crippen LogP contribution is -2.25. The molecule has 4 nitrogen and oxygen atoms in total. The van der Waals surface area contributed by atoms with Crippen LogP contribution in [-0.4, -0.2) is 19.7 Å². The molecule has 6 heteroatoms. The lowest BCUT2D eigenvalue weighted by molar-refractivity contribution is -0.144. The van der Waals surface area contributed by atoms with Crippen LogP contribution >= 0.6 is 0 Å². The highest BCUT2D eigenvalue weighted by atomic mass is 19.1. The highest BCUT2D eigenvalue weighted by molar-refractivity contribution is 5.77. The first-order chi connectivity index (χ1) is 8.01. The highest BCUT2D eigenvalue weighted by Gasteiger charge is 2.22. The van der Waals surface area contributed by atoms with Gasteiger partial charge in [0.25, 0.3) is 0 Å². The Morgan fingerprint density at radius 1 is 1.41 bits per heavy atom. The zero-order chi connectivity index (χ0) is 13.0. The second kappa shape index (κ2) is 5.58. The molecule has 0 saturated heterocycles. The van der Waals surface area contributed by atoms with Gasteiger partial charge in [0, 0.05) is 11.6 Å². The summed E-state index contributed by atoms with van der Waals surface area (Å²) >= 11 is 0. The Kier molecular flexibility index (Phi) is 4.39. The minimum Gasteiger partial charge on any atom is -0.494 e. The van der Waals surface area contributed by atoms with Crippen LogP contribution in [0, 0.1) is 11.6 Å². The number of hydrogen-bond donors (Lipinski definition) is 1. The van der Waals surface area contributed by atoms with E-state index in [9.17, 15) is 13.6 Å². The van der Waals surface area contributed by atoms with Crippen LogP contribution in [0.25, 0.3) is 0 Å². The molecule has 0 aromatic heterocycles. The van der Waals surface area contributed by atoms with E-state index in [0.717, 1.165) is 12.1 Å². The molecule has 0 radical (unpaired) electrons. The van der Waals surface area contributed by atoms with Crippen molar-refractivity contribution in [2.45, 2.75) is 13.0 Å². The van der Waals surface area contributed by atoms with Crippen LogP contribution in [0.1, 0.15) is 18.5 Å². The summed E-state index contributed by atoms with van der Waals surface area (Å²) in [5.74, 6) is -2.66. The summed E-state index contributed by atoms with van der Waals surface area (Å²) in [6, 6.07) is 0.315. The molecule has 2 N–H and O–H groups in total. The minimum atomic E-state index is -1.35. The monoisotopic (exact) mass is 245 g/mol. The molecule has 0 aliphatic rings. The van der Waals surface area contributed by atoms with Gasteiger partial charge in [0.15, 0.2) is 11.6 Å². The van der Waals surface area contributed by atoms with Crippen LogP contribution in [0.4, 0.5) is 8.78 Å². The van der Waals surface area contributed by atoms with E-state index in [0.29, 0.717) is 0 Å². The molecule has 1 atom stereocenters. The molecule has 0 spiro atoms. The van der Waals surface area contributed by atoms with Crippen LogP contribution in [-0.2, 0) is 9.53 Å². The second-order valence-electron chi connectivity index (χ2n) is 3.24. The molecule has 1 aromatic carbocycles. The molecule has 1 unspecified atom stereocenters. The Hall–Kier alpha value is -1.69. The summed E-state index contributed by atoms with van der Waals surface area (Å²) in [6.45, 7) is 1.71. The van der Waals surface area contributed by atoms with Crippen LogP contribution in [0.3, 0.4) is 0 Å². The van der Waals surface area contributed by atoms with Crippen molar-refractivity contribution < 1.29 is 23.0 Å². The number of esters is 1. The summed E-state index contributed by atoms with van der Waals surface area (Å²) in [6.07, 6.45) is 0. The molecule has 0 bridgehead atoms. The van der Waals surface area contributed by atoms with E-state index < -0.39 is 23.6 Å². The highest BCUT2D eigenvalue weighted by Crippen LogP contribution is 2.25. The van der Waals surface area contributed by atoms with Gasteiger partial charge in [-0.2, -0.15) is 0 Å². The zero-order valence-corrected chi connectivity index (χ0v) is 9.50. The molecule has 94 valence electrons. The van der Waals surface area contributed by atoms with Crippen LogP contribution in [0.2, 0.25) is 0 Å². The van der Waals surface area contributed by atoms with Crippen molar-refractivity contribution in [1.29, 1.82) is 0 Å². The van der Waals surface area contributed by atoms with E-state index in [1.165, 1.54) is 7.11 Å². The van der Waals surface area contributed by atoms with Gasteiger partial charge >= 0.3 is 5.97 Å². The Morgan fingerprint density at radius 2 is 2.06 bits per heavy atom. The predicted octanol–water partition coefficient (Wildman–Crippen LogP) is 1.54. The Morgan fingerprint density at radius 3 is 2.59 bits per heavy atom. The first kappa shape index (κ1) is 13.4. The van der Waals surface area contributed by atoms with Crippen molar-refractivity contribution >= 4 is 5.97 Å². The maximum absolute atomic E-state index is 13.5. The van der Waals surface area contributed by atoms with Gasteiger partial charge in [-0.1, -0.05) is 0 Å². The summed E-state index contributed by atoms with van der Waals surface area (Å²) in [5, 5.41) is 0. The van der Waals surface area contributed by atoms with E-state index in [1.807, 2.05) is 0 Å². The number of benzene rings is 1. The number of carbonyl (C=O) groups is 1. The van der Waals surface area contributed by atoms with E-state index >= 15 is 0 Å². The SMILES string of the molecule is CCOC(=O)C(N)c1cc(F)c(OC)cc1F. The number of halogens is 2. The third-order valence-electron chi connectivity index (χ3n) is 2.15. The summed E-state index contributed by atoms with van der Waals surface area (Å²) in [7, 11) is 1.21. The Labute approximate surface area is 97.3 Å². The summed E-state index contributed by atoms with van der Waals surface area (Å²) in [5.41, 5.74) is 5.20. The predicted molar refractivity (Wildman–Crippen MR) is 56.5 cm³/mol. The molecule has 0 aliphatic heterocycles. The van der Waals surface area contributed by atoms with E-state index in [-0.39, 0.29) is 17.9 Å². The van der Waals surface area contributed by atoms with Gasteiger partial charge in [-0.15, -0.1) is 0 Å². The lowest BCUT2D eigenvalue weighted by atomic mass is 10.1. The van der Waals surface area contributed by atoms with Crippen molar-refractivity contribution in [3.63, 3.8) is 0 Å². The Bertz CT molecular complexity index is 423. The van der Waals surface area contributed by atoms with Gasteiger partial charge in [0.1, 0.15) is 11.9 Å². The second-order valence-corrected chi connectivity index (χ2v) is 3.24. The molecular formula is C11H13F2NO3. The first-order valence-corrected chi connectivity index (χ1v) is 4.96. The largest absolute Gasteiger partial charge is 0.494 e. The number of rotatable bonds is 4. The Balaban J connectivity index is 3.06. The van der Waals surface area contributed by atoms with Crippen LogP contribution < -0.4 is 10.5 Å². The van der Waals surface area contributed by atoms with Crippen LogP contribution in [0.5, 0.6) is 5.75 Å². The fraction of sp³-hybridized carbons (Fsp3) is 0.364. The van der Waals surface area contributed by atoms with E-state index in [4.69, 9.17) is 5.73 Å². The third-order valence-corrected chi connectivity index (χ3v) is 2.15. The van der Waals surface area contributed by atoms with E-state index in [2.05, 4.69) is 9.47 Å². The molecule has 0 aliphatic carbocycles. The fourth-order valence-electron chi connectivity index (χ4n) is 1.30. The smallest absolute Gasteiger partial charge is 0.327 e. The molecular weight excluding hydrogens is 232 g/mol. The normalized spacial score (nSPS) is 12.1. The number of carbonyl (C=O) groups excluding carboxylic acids is 1. The minimum absolute atomic E-state index is 0.118. The van der Waals surface area contributed by atoms with Crippen molar-refractivity contribution in [2.75, 3.05) is 13.7 Å². The van der Waals surface area contributed by atoms with Crippen molar-refractivity contribution in [3.05, 3.63) is 29.3 Å². The van der Waals surface area contributed by atoms with Gasteiger partial charge in [0.2, 0.25) is 0 Å².